The third-order valence-electron chi connectivity index (χ3n) is 5.24. The smallest absolute Gasteiger partial charge is 0.240 e. The first-order chi connectivity index (χ1) is 14.0. The van der Waals surface area contributed by atoms with Crippen LogP contribution in [0, 0.1) is 0 Å². The Kier molecular flexibility index (Phi) is 6.06. The molecule has 1 saturated heterocycles. The van der Waals surface area contributed by atoms with E-state index in [9.17, 15) is 8.42 Å². The molecule has 29 heavy (non-hydrogen) atoms. The Morgan fingerprint density at radius 3 is 2.48 bits per heavy atom. The van der Waals surface area contributed by atoms with Crippen LogP contribution in [0.1, 0.15) is 5.56 Å². The Morgan fingerprint density at radius 2 is 1.72 bits per heavy atom. The van der Waals surface area contributed by atoms with Crippen molar-refractivity contribution in [1.82, 2.24) is 10.0 Å². The molecule has 4 rings (SSSR count). The molecule has 3 aromatic rings. The van der Waals surface area contributed by atoms with E-state index in [1.54, 1.807) is 18.2 Å². The average Bonchev–Trinajstić information content (AvgIpc) is 2.74. The van der Waals surface area contributed by atoms with E-state index in [2.05, 4.69) is 45.3 Å². The number of nitrogens with zero attached hydrogens (tertiary/aromatic N) is 1. The van der Waals surface area contributed by atoms with Gasteiger partial charge in [0.25, 0.3) is 0 Å². The highest BCUT2D eigenvalue weighted by Gasteiger charge is 2.16. The second-order valence-corrected chi connectivity index (χ2v) is 9.33. The second kappa shape index (κ2) is 8.71. The second-order valence-electron chi connectivity index (χ2n) is 7.13. The Morgan fingerprint density at radius 1 is 0.966 bits per heavy atom. The summed E-state index contributed by atoms with van der Waals surface area (Å²) in [5, 5.41) is 6.18. The molecule has 0 bridgehead atoms. The molecular formula is C22H24ClN3O2S. The first-order valence-corrected chi connectivity index (χ1v) is 11.6. The maximum absolute atomic E-state index is 12.5. The van der Waals surface area contributed by atoms with Crippen LogP contribution in [0.4, 0.5) is 5.69 Å². The van der Waals surface area contributed by atoms with E-state index in [0.29, 0.717) is 18.0 Å². The maximum Gasteiger partial charge on any atom is 0.240 e. The molecule has 0 aliphatic carbocycles. The van der Waals surface area contributed by atoms with Gasteiger partial charge in [-0.15, -0.1) is 0 Å². The lowest BCUT2D eigenvalue weighted by Crippen LogP contribution is -2.43. The van der Waals surface area contributed by atoms with E-state index in [4.69, 9.17) is 11.6 Å². The van der Waals surface area contributed by atoms with E-state index in [-0.39, 0.29) is 4.90 Å². The molecular weight excluding hydrogens is 406 g/mol. The normalized spacial score (nSPS) is 15.0. The Hall–Kier alpha value is -2.12. The molecule has 0 radical (unpaired) electrons. The Balaban J connectivity index is 1.53. The van der Waals surface area contributed by atoms with Crippen LogP contribution in [0.3, 0.4) is 0 Å². The first-order valence-electron chi connectivity index (χ1n) is 9.76. The fraction of sp³-hybridized carbons (Fsp3) is 0.273. The van der Waals surface area contributed by atoms with Crippen molar-refractivity contribution in [3.8, 4) is 0 Å². The summed E-state index contributed by atoms with van der Waals surface area (Å²) < 4.78 is 27.7. The van der Waals surface area contributed by atoms with Crippen molar-refractivity contribution >= 4 is 38.1 Å². The number of benzene rings is 3. The molecule has 0 saturated carbocycles. The SMILES string of the molecule is O=S(=O)(NCCc1ccc(N2CCNCC2)c2ccccc12)c1cccc(Cl)c1. The Labute approximate surface area is 176 Å². The first kappa shape index (κ1) is 20.2. The molecule has 0 amide bonds. The molecule has 1 heterocycles. The largest absolute Gasteiger partial charge is 0.368 e. The number of hydrogen-bond acceptors (Lipinski definition) is 4. The van der Waals surface area contributed by atoms with Gasteiger partial charge in [0.2, 0.25) is 10.0 Å². The molecule has 152 valence electrons. The molecule has 5 nitrogen and oxygen atoms in total. The van der Waals surface area contributed by atoms with Crippen LogP contribution >= 0.6 is 11.6 Å². The lowest BCUT2D eigenvalue weighted by atomic mass is 10.00. The molecule has 3 aromatic carbocycles. The topological polar surface area (TPSA) is 61.4 Å². The highest BCUT2D eigenvalue weighted by atomic mass is 35.5. The highest BCUT2D eigenvalue weighted by molar-refractivity contribution is 7.89. The standard InChI is InChI=1S/C22H24ClN3O2S/c23-18-4-3-5-19(16-18)29(27,28)25-11-10-17-8-9-22(26-14-12-24-13-15-26)21-7-2-1-6-20(17)21/h1-9,16,24-25H,10-15H2. The molecule has 7 heteroatoms. The van der Waals surface area contributed by atoms with Gasteiger partial charge in [0, 0.05) is 48.8 Å². The van der Waals surface area contributed by atoms with Crippen molar-refractivity contribution in [1.29, 1.82) is 0 Å². The van der Waals surface area contributed by atoms with Gasteiger partial charge in [-0.05, 0) is 41.6 Å². The minimum Gasteiger partial charge on any atom is -0.368 e. The molecule has 0 spiro atoms. The quantitative estimate of drug-likeness (QED) is 0.630. The Bertz CT molecular complexity index is 1110. The zero-order chi connectivity index (χ0) is 20.3. The van der Waals surface area contributed by atoms with Crippen LogP contribution in [0.5, 0.6) is 0 Å². The van der Waals surface area contributed by atoms with Crippen molar-refractivity contribution in [3.63, 3.8) is 0 Å². The zero-order valence-corrected chi connectivity index (χ0v) is 17.6. The van der Waals surface area contributed by atoms with Gasteiger partial charge < -0.3 is 10.2 Å². The number of piperazine rings is 1. The van der Waals surface area contributed by atoms with Crippen molar-refractivity contribution in [2.24, 2.45) is 0 Å². The number of hydrogen-bond donors (Lipinski definition) is 2. The predicted molar refractivity (Wildman–Crippen MR) is 119 cm³/mol. The lowest BCUT2D eigenvalue weighted by Gasteiger charge is -2.30. The van der Waals surface area contributed by atoms with Crippen molar-refractivity contribution < 1.29 is 8.42 Å². The zero-order valence-electron chi connectivity index (χ0n) is 16.1. The lowest BCUT2D eigenvalue weighted by molar-refractivity contribution is 0.581. The number of nitrogens with one attached hydrogen (secondary N) is 2. The summed E-state index contributed by atoms with van der Waals surface area (Å²) in [7, 11) is -3.58. The van der Waals surface area contributed by atoms with Gasteiger partial charge in [0.1, 0.15) is 0 Å². The van der Waals surface area contributed by atoms with Gasteiger partial charge in [-0.25, -0.2) is 13.1 Å². The monoisotopic (exact) mass is 429 g/mol. The summed E-state index contributed by atoms with van der Waals surface area (Å²) in [5.74, 6) is 0. The summed E-state index contributed by atoms with van der Waals surface area (Å²) in [5.41, 5.74) is 2.37. The van der Waals surface area contributed by atoms with Crippen molar-refractivity contribution in [3.05, 3.63) is 71.2 Å². The van der Waals surface area contributed by atoms with Gasteiger partial charge in [0.05, 0.1) is 4.90 Å². The van der Waals surface area contributed by atoms with E-state index >= 15 is 0 Å². The molecule has 0 atom stereocenters. The summed E-state index contributed by atoms with van der Waals surface area (Å²) in [6.07, 6.45) is 0.613. The fourth-order valence-electron chi connectivity index (χ4n) is 3.78. The van der Waals surface area contributed by atoms with Crippen molar-refractivity contribution in [2.45, 2.75) is 11.3 Å². The predicted octanol–water partition coefficient (Wildman–Crippen LogP) is 3.42. The summed E-state index contributed by atoms with van der Waals surface area (Å²) in [6.45, 7) is 4.28. The minimum absolute atomic E-state index is 0.184. The average molecular weight is 430 g/mol. The highest BCUT2D eigenvalue weighted by Crippen LogP contribution is 2.30. The molecule has 0 unspecified atom stereocenters. The van der Waals surface area contributed by atoms with Crippen LogP contribution in [0.15, 0.2) is 65.6 Å². The van der Waals surface area contributed by atoms with Crippen molar-refractivity contribution in [2.75, 3.05) is 37.6 Å². The third kappa shape index (κ3) is 4.56. The van der Waals surface area contributed by atoms with E-state index in [1.165, 1.54) is 22.5 Å². The fourth-order valence-corrected chi connectivity index (χ4v) is 5.11. The van der Waals surface area contributed by atoms with E-state index in [1.807, 2.05) is 6.07 Å². The molecule has 1 aliphatic heterocycles. The minimum atomic E-state index is -3.58. The molecule has 0 aromatic heterocycles. The van der Waals surface area contributed by atoms with E-state index < -0.39 is 10.0 Å². The number of fused-ring (bicyclic) bond motifs is 1. The van der Waals surface area contributed by atoms with Crippen LogP contribution in [0.2, 0.25) is 5.02 Å². The number of anilines is 1. The van der Waals surface area contributed by atoms with E-state index in [0.717, 1.165) is 31.7 Å². The third-order valence-corrected chi connectivity index (χ3v) is 6.94. The summed E-state index contributed by atoms with van der Waals surface area (Å²) >= 11 is 5.92. The van der Waals surface area contributed by atoms with Gasteiger partial charge in [-0.3, -0.25) is 0 Å². The number of rotatable bonds is 6. The summed E-state index contributed by atoms with van der Waals surface area (Å²) in [4.78, 5) is 2.59. The van der Waals surface area contributed by atoms with Crippen LogP contribution in [-0.4, -0.2) is 41.1 Å². The van der Waals surface area contributed by atoms with Gasteiger partial charge in [0.15, 0.2) is 0 Å². The molecule has 1 aliphatic rings. The van der Waals surface area contributed by atoms with Gasteiger partial charge in [-0.2, -0.15) is 0 Å². The number of sulfonamides is 1. The molecule has 1 fully saturated rings. The summed E-state index contributed by atoms with van der Waals surface area (Å²) in [6, 6.07) is 18.9. The number of halogens is 1. The van der Waals surface area contributed by atoms with Gasteiger partial charge >= 0.3 is 0 Å². The van der Waals surface area contributed by atoms with Crippen LogP contribution < -0.4 is 14.9 Å². The maximum atomic E-state index is 12.5. The van der Waals surface area contributed by atoms with Gasteiger partial charge in [-0.1, -0.05) is 48.0 Å². The molecule has 2 N–H and O–H groups in total. The van der Waals surface area contributed by atoms with Crippen LogP contribution in [0.25, 0.3) is 10.8 Å². The van der Waals surface area contributed by atoms with Crippen LogP contribution in [-0.2, 0) is 16.4 Å².